The second-order valence-corrected chi connectivity index (χ2v) is 5.77. The summed E-state index contributed by atoms with van der Waals surface area (Å²) in [6.07, 6.45) is 12.3. The first kappa shape index (κ1) is 18.4. The van der Waals surface area contributed by atoms with Crippen LogP contribution >= 0.6 is 0 Å². The molecule has 5 heteroatoms. The van der Waals surface area contributed by atoms with Crippen LogP contribution in [0.15, 0.2) is 47.9 Å². The highest BCUT2D eigenvalue weighted by atomic mass is 16.1. The van der Waals surface area contributed by atoms with E-state index in [0.29, 0.717) is 11.1 Å². The molecular formula is C20H24N4O. The van der Waals surface area contributed by atoms with Gasteiger partial charge in [0.15, 0.2) is 0 Å². The number of primary amides is 1. The van der Waals surface area contributed by atoms with Crippen LogP contribution < -0.4 is 5.73 Å². The molecule has 1 heterocycles. The summed E-state index contributed by atoms with van der Waals surface area (Å²) in [5, 5.41) is 0. The van der Waals surface area contributed by atoms with E-state index in [9.17, 15) is 4.79 Å². The van der Waals surface area contributed by atoms with Gasteiger partial charge in [-0.15, -0.1) is 0 Å². The van der Waals surface area contributed by atoms with Crippen molar-refractivity contribution >= 4 is 28.2 Å². The number of H-pyrrole nitrogens is 1. The summed E-state index contributed by atoms with van der Waals surface area (Å²) < 4.78 is 0. The fourth-order valence-electron chi connectivity index (χ4n) is 2.70. The molecule has 0 aliphatic carbocycles. The van der Waals surface area contributed by atoms with E-state index in [0.717, 1.165) is 34.3 Å². The molecule has 0 aliphatic rings. The number of aliphatic imine (C=N–C) groups is 1. The van der Waals surface area contributed by atoms with Crippen molar-refractivity contribution in [2.75, 3.05) is 0 Å². The molecule has 1 amide bonds. The van der Waals surface area contributed by atoms with E-state index in [1.165, 1.54) is 0 Å². The number of allylic oxidation sites excluding steroid dienone is 5. The fraction of sp³-hybridized carbons (Fsp3) is 0.250. The van der Waals surface area contributed by atoms with Crippen molar-refractivity contribution in [2.24, 2.45) is 10.7 Å². The molecule has 5 nitrogen and oxygen atoms in total. The molecule has 0 atom stereocenters. The lowest BCUT2D eigenvalue weighted by Crippen LogP contribution is -2.14. The molecular weight excluding hydrogens is 312 g/mol. The molecule has 2 aromatic rings. The van der Waals surface area contributed by atoms with Crippen LogP contribution in [0.3, 0.4) is 0 Å². The zero-order valence-corrected chi connectivity index (χ0v) is 15.1. The summed E-state index contributed by atoms with van der Waals surface area (Å²) in [4.78, 5) is 23.6. The smallest absolute Gasteiger partial charge is 0.251 e. The van der Waals surface area contributed by atoms with Gasteiger partial charge in [0.05, 0.1) is 22.9 Å². The van der Waals surface area contributed by atoms with Gasteiger partial charge in [-0.1, -0.05) is 25.2 Å². The van der Waals surface area contributed by atoms with Gasteiger partial charge in [0.25, 0.3) is 5.91 Å². The Morgan fingerprint density at radius 2 is 2.20 bits per heavy atom. The third-order valence-corrected chi connectivity index (χ3v) is 3.78. The molecule has 0 radical (unpaired) electrons. The van der Waals surface area contributed by atoms with E-state index < -0.39 is 5.91 Å². The number of carbonyl (C=O) groups is 1. The Morgan fingerprint density at radius 3 is 2.84 bits per heavy atom. The van der Waals surface area contributed by atoms with E-state index >= 15 is 0 Å². The van der Waals surface area contributed by atoms with Crippen LogP contribution in [0.5, 0.6) is 0 Å². The van der Waals surface area contributed by atoms with Gasteiger partial charge < -0.3 is 10.7 Å². The molecule has 1 aromatic heterocycles. The number of carbonyl (C=O) groups excluding carboxylic acids is 1. The monoisotopic (exact) mass is 336 g/mol. The van der Waals surface area contributed by atoms with Crippen molar-refractivity contribution in [1.29, 1.82) is 0 Å². The Morgan fingerprint density at radius 1 is 1.44 bits per heavy atom. The second kappa shape index (κ2) is 8.24. The average Bonchev–Trinajstić information content (AvgIpc) is 3.04. The zero-order valence-electron chi connectivity index (χ0n) is 15.1. The normalized spacial score (nSPS) is 13.4. The largest absolute Gasteiger partial charge is 0.366 e. The van der Waals surface area contributed by atoms with Gasteiger partial charge in [0, 0.05) is 17.5 Å². The number of nitrogens with two attached hydrogens (primary N) is 1. The number of aryl methyl sites for hydroxylation is 1. The van der Waals surface area contributed by atoms with Gasteiger partial charge in [-0.2, -0.15) is 0 Å². The van der Waals surface area contributed by atoms with Gasteiger partial charge in [-0.3, -0.25) is 9.79 Å². The second-order valence-electron chi connectivity index (χ2n) is 5.77. The van der Waals surface area contributed by atoms with Crippen molar-refractivity contribution in [3.63, 3.8) is 0 Å². The van der Waals surface area contributed by atoms with Crippen molar-refractivity contribution in [1.82, 2.24) is 9.97 Å². The van der Waals surface area contributed by atoms with E-state index in [1.807, 2.05) is 39.0 Å². The number of imidazole rings is 1. The Labute approximate surface area is 148 Å². The van der Waals surface area contributed by atoms with Gasteiger partial charge in [0.1, 0.15) is 0 Å². The number of rotatable bonds is 6. The summed E-state index contributed by atoms with van der Waals surface area (Å²) in [5.41, 5.74) is 11.0. The Hall–Kier alpha value is -2.95. The molecule has 3 N–H and O–H groups in total. The summed E-state index contributed by atoms with van der Waals surface area (Å²) >= 11 is 0. The predicted octanol–water partition coefficient (Wildman–Crippen LogP) is 4.31. The topological polar surface area (TPSA) is 84.1 Å². The van der Waals surface area contributed by atoms with Crippen molar-refractivity contribution in [3.8, 4) is 0 Å². The quantitative estimate of drug-likeness (QED) is 0.608. The number of benzene rings is 1. The first-order chi connectivity index (χ1) is 12.0. The minimum atomic E-state index is -0.459. The van der Waals surface area contributed by atoms with Crippen LogP contribution in [-0.4, -0.2) is 21.6 Å². The average molecular weight is 336 g/mol. The van der Waals surface area contributed by atoms with Gasteiger partial charge in [-0.25, -0.2) is 4.98 Å². The maximum atomic E-state index is 11.8. The number of aromatic amines is 1. The van der Waals surface area contributed by atoms with Crippen LogP contribution in [0, 0.1) is 6.92 Å². The van der Waals surface area contributed by atoms with Gasteiger partial charge in [-0.05, 0) is 50.5 Å². The lowest BCUT2D eigenvalue weighted by atomic mass is 9.95. The molecule has 0 saturated heterocycles. The highest BCUT2D eigenvalue weighted by Gasteiger charge is 2.17. The number of amides is 1. The molecule has 0 saturated carbocycles. The van der Waals surface area contributed by atoms with Crippen molar-refractivity contribution < 1.29 is 4.79 Å². The number of hydrogen-bond acceptors (Lipinski definition) is 3. The third-order valence-electron chi connectivity index (χ3n) is 3.78. The van der Waals surface area contributed by atoms with E-state index in [1.54, 1.807) is 12.5 Å². The number of nitrogens with one attached hydrogen (secondary N) is 1. The lowest BCUT2D eigenvalue weighted by molar-refractivity contribution is 0.100. The minimum absolute atomic E-state index is 0.459. The SMILES string of the molecule is C\C=C/N=C(C)/C=C(\C=C/CC)c1cc(C)c(C(N)=O)c2[nH]cnc12. The van der Waals surface area contributed by atoms with Crippen LogP contribution in [0.1, 0.15) is 48.7 Å². The highest BCUT2D eigenvalue weighted by molar-refractivity contribution is 6.10. The molecule has 0 bridgehead atoms. The number of fused-ring (bicyclic) bond motifs is 1. The predicted molar refractivity (Wildman–Crippen MR) is 105 cm³/mol. The maximum Gasteiger partial charge on any atom is 0.251 e. The standard InChI is InChI=1S/C20H24N4O/c1-5-7-8-15(11-14(4)22-9-6-2)16-10-13(3)17(20(21)25)19-18(16)23-12-24-19/h6-12H,5H2,1-4H3,(H2,21,25)(H,23,24)/b8-7-,9-6-,15-11+,22-14+. The van der Waals surface area contributed by atoms with Crippen LogP contribution in [-0.2, 0) is 0 Å². The van der Waals surface area contributed by atoms with Gasteiger partial charge in [0.2, 0.25) is 0 Å². The van der Waals surface area contributed by atoms with E-state index in [2.05, 4.69) is 34.0 Å². The molecule has 0 unspecified atom stereocenters. The first-order valence-electron chi connectivity index (χ1n) is 8.30. The van der Waals surface area contributed by atoms with Crippen molar-refractivity contribution in [2.45, 2.75) is 34.1 Å². The van der Waals surface area contributed by atoms with E-state index in [4.69, 9.17) is 5.73 Å². The lowest BCUT2D eigenvalue weighted by Gasteiger charge is -2.10. The summed E-state index contributed by atoms with van der Waals surface area (Å²) in [6, 6.07) is 1.96. The molecule has 0 aliphatic heterocycles. The molecule has 130 valence electrons. The molecule has 2 rings (SSSR count). The number of aromatic nitrogens is 2. The van der Waals surface area contributed by atoms with Crippen LogP contribution in [0.4, 0.5) is 0 Å². The molecule has 0 fully saturated rings. The molecule has 25 heavy (non-hydrogen) atoms. The Bertz CT molecular complexity index is 898. The molecule has 1 aromatic carbocycles. The molecule has 0 spiro atoms. The van der Waals surface area contributed by atoms with Gasteiger partial charge >= 0.3 is 0 Å². The third kappa shape index (κ3) is 4.12. The van der Waals surface area contributed by atoms with Crippen LogP contribution in [0.25, 0.3) is 16.6 Å². The van der Waals surface area contributed by atoms with Crippen LogP contribution in [0.2, 0.25) is 0 Å². The zero-order chi connectivity index (χ0) is 18.4. The minimum Gasteiger partial charge on any atom is -0.366 e. The summed E-state index contributed by atoms with van der Waals surface area (Å²) in [5.74, 6) is -0.459. The maximum absolute atomic E-state index is 11.8. The fourth-order valence-corrected chi connectivity index (χ4v) is 2.70. The number of nitrogens with zero attached hydrogens (tertiary/aromatic N) is 2. The van der Waals surface area contributed by atoms with Crippen molar-refractivity contribution in [3.05, 3.63) is 59.6 Å². The Balaban J connectivity index is 2.72. The first-order valence-corrected chi connectivity index (χ1v) is 8.30. The summed E-state index contributed by atoms with van der Waals surface area (Å²) in [7, 11) is 0. The Kier molecular flexibility index (Phi) is 6.06. The number of hydrogen-bond donors (Lipinski definition) is 2. The summed E-state index contributed by atoms with van der Waals surface area (Å²) in [6.45, 7) is 7.84. The highest BCUT2D eigenvalue weighted by Crippen LogP contribution is 2.29. The van der Waals surface area contributed by atoms with E-state index in [-0.39, 0.29) is 0 Å².